The highest BCUT2D eigenvalue weighted by atomic mass is 31.1. The maximum absolute atomic E-state index is 10.1. The molecule has 0 bridgehead atoms. The molecular formula is C5H11NO4P+. The van der Waals surface area contributed by atoms with Crippen LogP contribution >= 0.6 is 8.69 Å². The molecule has 2 atom stereocenters. The Hall–Kier alpha value is -0.510. The lowest BCUT2D eigenvalue weighted by Crippen LogP contribution is -2.30. The van der Waals surface area contributed by atoms with Crippen molar-refractivity contribution in [2.75, 3.05) is 6.61 Å². The maximum atomic E-state index is 10.1. The first-order chi connectivity index (χ1) is 5.18. The molecule has 0 aromatic carbocycles. The molecule has 5 nitrogen and oxygen atoms in total. The number of hydrogen-bond donors (Lipinski definition) is 2. The Bertz CT molecular complexity index is 140. The molecule has 0 rings (SSSR count). The third-order valence-corrected chi connectivity index (χ3v) is 1.46. The van der Waals surface area contributed by atoms with Crippen molar-refractivity contribution >= 4 is 14.7 Å². The zero-order valence-corrected chi connectivity index (χ0v) is 6.95. The number of hydrogen-bond acceptors (Lipinski definition) is 4. The third kappa shape index (κ3) is 5.91. The van der Waals surface area contributed by atoms with Crippen LogP contribution in [0.5, 0.6) is 0 Å². The Morgan fingerprint density at radius 3 is 2.82 bits per heavy atom. The van der Waals surface area contributed by atoms with Gasteiger partial charge in [0.1, 0.15) is 12.6 Å². The fourth-order valence-electron chi connectivity index (χ4n) is 0.541. The van der Waals surface area contributed by atoms with Crippen LogP contribution in [0.4, 0.5) is 0 Å². The number of carboxylic acids is 1. The summed E-state index contributed by atoms with van der Waals surface area (Å²) in [5, 5.41) is 8.31. The smallest absolute Gasteiger partial charge is 0.480 e. The molecule has 1 unspecified atom stereocenters. The van der Waals surface area contributed by atoms with Crippen molar-refractivity contribution in [2.45, 2.75) is 18.9 Å². The first-order valence-corrected chi connectivity index (χ1v) is 3.97. The van der Waals surface area contributed by atoms with Gasteiger partial charge in [-0.25, -0.2) is 0 Å². The van der Waals surface area contributed by atoms with E-state index in [4.69, 9.17) is 10.8 Å². The number of rotatable bonds is 6. The molecule has 3 N–H and O–H groups in total. The third-order valence-electron chi connectivity index (χ3n) is 1.14. The monoisotopic (exact) mass is 180 g/mol. The summed E-state index contributed by atoms with van der Waals surface area (Å²) in [7, 11) is -0.783. The molecule has 0 aromatic heterocycles. The average molecular weight is 180 g/mol. The van der Waals surface area contributed by atoms with Gasteiger partial charge in [0.25, 0.3) is 0 Å². The summed E-state index contributed by atoms with van der Waals surface area (Å²) in [5.41, 5.74) is 5.17. The van der Waals surface area contributed by atoms with Gasteiger partial charge in [-0.15, -0.1) is 4.52 Å². The van der Waals surface area contributed by atoms with E-state index < -0.39 is 20.7 Å². The van der Waals surface area contributed by atoms with E-state index in [0.717, 1.165) is 0 Å². The van der Waals surface area contributed by atoms with Crippen molar-refractivity contribution in [3.63, 3.8) is 0 Å². The number of nitrogens with two attached hydrogens (primary N) is 1. The minimum atomic E-state index is -1.02. The van der Waals surface area contributed by atoms with E-state index in [-0.39, 0.29) is 0 Å². The fraction of sp³-hybridized carbons (Fsp3) is 0.800. The molecule has 0 spiro atoms. The topological polar surface area (TPSA) is 89.6 Å². The summed E-state index contributed by atoms with van der Waals surface area (Å²) in [4.78, 5) is 10.1. The second-order valence-corrected chi connectivity index (χ2v) is 2.47. The van der Waals surface area contributed by atoms with Crippen molar-refractivity contribution in [2.24, 2.45) is 5.73 Å². The van der Waals surface area contributed by atoms with Crippen molar-refractivity contribution in [1.82, 2.24) is 0 Å². The van der Waals surface area contributed by atoms with Crippen LogP contribution in [-0.2, 0) is 13.9 Å². The summed E-state index contributed by atoms with van der Waals surface area (Å²) in [6, 6.07) is -0.839. The molecule has 0 amide bonds. The molecule has 64 valence electrons. The van der Waals surface area contributed by atoms with Gasteiger partial charge in [0.2, 0.25) is 0 Å². The van der Waals surface area contributed by atoms with Crippen molar-refractivity contribution in [3.8, 4) is 0 Å². The van der Waals surface area contributed by atoms with Gasteiger partial charge in [-0.2, -0.15) is 0 Å². The van der Waals surface area contributed by atoms with Crippen LogP contribution in [0.25, 0.3) is 0 Å². The van der Waals surface area contributed by atoms with Gasteiger partial charge in [-0.05, 0) is 17.4 Å². The molecular weight excluding hydrogens is 169 g/mol. The van der Waals surface area contributed by atoms with Crippen LogP contribution in [-0.4, -0.2) is 23.7 Å². The Labute approximate surface area is 65.8 Å². The molecule has 0 aliphatic carbocycles. The first-order valence-electron chi connectivity index (χ1n) is 3.15. The van der Waals surface area contributed by atoms with Crippen molar-refractivity contribution < 1.29 is 19.0 Å². The van der Waals surface area contributed by atoms with Crippen LogP contribution in [0.15, 0.2) is 0 Å². The number of aliphatic carboxylic acids is 1. The van der Waals surface area contributed by atoms with Crippen molar-refractivity contribution in [1.29, 1.82) is 0 Å². The minimum absolute atomic E-state index is 0.295. The van der Waals surface area contributed by atoms with E-state index in [1.807, 2.05) is 0 Å². The molecule has 0 saturated carbocycles. The van der Waals surface area contributed by atoms with Gasteiger partial charge in [0, 0.05) is 0 Å². The molecule has 0 aliphatic rings. The van der Waals surface area contributed by atoms with E-state index in [2.05, 4.69) is 4.52 Å². The highest BCUT2D eigenvalue weighted by Crippen LogP contribution is 2.00. The summed E-state index contributed by atoms with van der Waals surface area (Å²) in [6.07, 6.45) is 0.864. The van der Waals surface area contributed by atoms with E-state index in [9.17, 15) is 9.36 Å². The van der Waals surface area contributed by atoms with Gasteiger partial charge in [-0.3, -0.25) is 4.79 Å². The molecule has 0 aliphatic heterocycles. The number of carbonyl (C=O) groups is 1. The predicted molar refractivity (Wildman–Crippen MR) is 39.8 cm³/mol. The summed E-state index contributed by atoms with van der Waals surface area (Å²) in [6.45, 7) is 0.295. The largest absolute Gasteiger partial charge is 0.494 e. The van der Waals surface area contributed by atoms with E-state index >= 15 is 0 Å². The minimum Gasteiger partial charge on any atom is -0.480 e. The molecule has 0 saturated heterocycles. The normalized spacial score (nSPS) is 13.2. The Morgan fingerprint density at radius 2 is 2.36 bits per heavy atom. The second-order valence-electron chi connectivity index (χ2n) is 2.02. The highest BCUT2D eigenvalue weighted by Gasteiger charge is 2.10. The molecule has 6 heteroatoms. The molecule has 0 heterocycles. The summed E-state index contributed by atoms with van der Waals surface area (Å²) >= 11 is 0. The Morgan fingerprint density at radius 1 is 1.73 bits per heavy atom. The second kappa shape index (κ2) is 6.22. The summed E-state index contributed by atoms with van der Waals surface area (Å²) < 4.78 is 14.3. The molecule has 0 radical (unpaired) electrons. The van der Waals surface area contributed by atoms with E-state index in [0.29, 0.717) is 19.4 Å². The van der Waals surface area contributed by atoms with Crippen LogP contribution < -0.4 is 5.73 Å². The zero-order chi connectivity index (χ0) is 8.69. The van der Waals surface area contributed by atoms with E-state index in [1.165, 1.54) is 0 Å². The molecule has 0 fully saturated rings. The van der Waals surface area contributed by atoms with Gasteiger partial charge < -0.3 is 10.8 Å². The zero-order valence-electron chi connectivity index (χ0n) is 5.95. The van der Waals surface area contributed by atoms with Gasteiger partial charge in [0.15, 0.2) is 0 Å². The lowest BCUT2D eigenvalue weighted by atomic mass is 10.2. The molecule has 0 aromatic rings. The van der Waals surface area contributed by atoms with Gasteiger partial charge >= 0.3 is 14.7 Å². The SMILES string of the molecule is N[C@@H](CCCO[PH+]=O)C(=O)O. The molecule has 11 heavy (non-hydrogen) atoms. The average Bonchev–Trinajstić information content (AvgIpc) is 1.97. The summed E-state index contributed by atoms with van der Waals surface area (Å²) in [5.74, 6) is -1.02. The quantitative estimate of drug-likeness (QED) is 0.448. The van der Waals surface area contributed by atoms with Crippen LogP contribution in [0.2, 0.25) is 0 Å². The predicted octanol–water partition coefficient (Wildman–Crippen LogP) is 0.134. The van der Waals surface area contributed by atoms with Crippen LogP contribution in [0, 0.1) is 0 Å². The van der Waals surface area contributed by atoms with E-state index in [1.54, 1.807) is 0 Å². The van der Waals surface area contributed by atoms with Gasteiger partial charge in [0.05, 0.1) is 0 Å². The fourth-order valence-corrected chi connectivity index (χ4v) is 0.768. The Balaban J connectivity index is 3.24. The Kier molecular flexibility index (Phi) is 5.93. The number of carboxylic acid groups (broad SMARTS) is 1. The standard InChI is InChI=1S/C5H10NO4P/c6-4(5(7)8)2-1-3-10-11-9/h4,11H,1-3,6H2/p+1/t4-/m0/s1. The lowest BCUT2D eigenvalue weighted by Gasteiger charge is -2.02. The first kappa shape index (κ1) is 10.5. The van der Waals surface area contributed by atoms with Crippen LogP contribution in [0.1, 0.15) is 12.8 Å². The van der Waals surface area contributed by atoms with Gasteiger partial charge in [-0.1, -0.05) is 0 Å². The van der Waals surface area contributed by atoms with Crippen molar-refractivity contribution in [3.05, 3.63) is 0 Å². The highest BCUT2D eigenvalue weighted by molar-refractivity contribution is 7.17. The maximum Gasteiger partial charge on any atom is 0.494 e. The van der Waals surface area contributed by atoms with Crippen LogP contribution in [0.3, 0.4) is 0 Å². The lowest BCUT2D eigenvalue weighted by molar-refractivity contribution is -0.138.